The molecule has 7 heavy (non-hydrogen) atoms. The Labute approximate surface area is 43.3 Å². The first-order chi connectivity index (χ1) is 3.72. The van der Waals surface area contributed by atoms with Crippen LogP contribution in [0.5, 0.6) is 0 Å². The first-order valence-corrected chi connectivity index (χ1v) is 2.27. The number of amides is 1. The van der Waals surface area contributed by atoms with Crippen molar-refractivity contribution < 1.29 is 6.21 Å². The van der Waals surface area contributed by atoms with Gasteiger partial charge in [0.25, 0.3) is 0 Å². The lowest BCUT2D eigenvalue weighted by Gasteiger charge is -1.91. The van der Waals surface area contributed by atoms with Gasteiger partial charge in [0.1, 0.15) is 0 Å². The summed E-state index contributed by atoms with van der Waals surface area (Å²) >= 11 is 0. The number of hydrogen-bond acceptors (Lipinski definition) is 2. The lowest BCUT2D eigenvalue weighted by molar-refractivity contribution is -0.120. The molecule has 3 nitrogen and oxygen atoms in total. The van der Waals surface area contributed by atoms with Crippen LogP contribution in [-0.4, -0.2) is 18.5 Å². The van der Waals surface area contributed by atoms with Crippen molar-refractivity contribution in [2.45, 2.75) is 12.5 Å². The second-order valence-electron chi connectivity index (χ2n) is 1.62. The third kappa shape index (κ3) is 0.718. The Kier molecular flexibility index (Phi) is 0.736. The summed E-state index contributed by atoms with van der Waals surface area (Å²) in [5, 5.41) is 0.907. The average Bonchev–Trinajstić information content (AvgIpc) is 1.98. The summed E-state index contributed by atoms with van der Waals surface area (Å²) in [6.45, 7) is 0.486. The maximum atomic E-state index is 10.5. The van der Waals surface area contributed by atoms with Crippen LogP contribution in [0, 0.1) is 0 Å². The SMILES string of the molecule is [2H]N1CCC(N)C1=O. The fourth-order valence-electron chi connectivity index (χ4n) is 0.555. The van der Waals surface area contributed by atoms with Crippen LogP contribution in [0.25, 0.3) is 0 Å². The lowest BCUT2D eigenvalue weighted by atomic mass is 10.3. The number of carbonyl (C=O) groups excluding carboxylic acids is 1. The Balaban J connectivity index is 2.57. The van der Waals surface area contributed by atoms with Gasteiger partial charge in [0, 0.05) is 6.54 Å². The van der Waals surface area contributed by atoms with Crippen LogP contribution in [0.1, 0.15) is 6.42 Å². The van der Waals surface area contributed by atoms with E-state index >= 15 is 0 Å². The molecule has 1 rings (SSSR count). The molecule has 0 saturated carbocycles. The van der Waals surface area contributed by atoms with Gasteiger partial charge in [-0.1, -0.05) is 0 Å². The van der Waals surface area contributed by atoms with Gasteiger partial charge >= 0.3 is 0 Å². The van der Waals surface area contributed by atoms with Gasteiger partial charge in [-0.3, -0.25) is 4.79 Å². The van der Waals surface area contributed by atoms with Crippen molar-refractivity contribution in [2.75, 3.05) is 6.54 Å². The van der Waals surface area contributed by atoms with E-state index in [9.17, 15) is 4.79 Å². The highest BCUT2D eigenvalue weighted by atomic mass is 16.2. The number of rotatable bonds is 0. The Morgan fingerprint density at radius 2 is 2.86 bits per heavy atom. The summed E-state index contributed by atoms with van der Waals surface area (Å²) in [6, 6.07) is -0.410. The number of carbonyl (C=O) groups is 1. The van der Waals surface area contributed by atoms with Crippen molar-refractivity contribution in [1.82, 2.24) is 5.31 Å². The number of nitrogens with one attached hydrogen (secondary N) is 1. The van der Waals surface area contributed by atoms with Crippen LogP contribution in [0.2, 0.25) is 1.41 Å². The first kappa shape index (κ1) is 3.43. The molecule has 0 radical (unpaired) electrons. The molecular formula is C4H8N2O. The number of hydrogen-bond donors (Lipinski definition) is 2. The highest BCUT2D eigenvalue weighted by Crippen LogP contribution is 1.92. The molecule has 1 aliphatic heterocycles. The van der Waals surface area contributed by atoms with E-state index in [0.29, 0.717) is 13.0 Å². The van der Waals surface area contributed by atoms with Gasteiger partial charge in [0.2, 0.25) is 5.91 Å². The first-order valence-electron chi connectivity index (χ1n) is 2.72. The molecule has 1 saturated heterocycles. The van der Waals surface area contributed by atoms with Gasteiger partial charge < -0.3 is 11.0 Å². The minimum absolute atomic E-state index is 0.259. The van der Waals surface area contributed by atoms with E-state index in [0.717, 1.165) is 5.31 Å². The molecule has 0 aromatic rings. The van der Waals surface area contributed by atoms with E-state index in [-0.39, 0.29) is 5.91 Å². The van der Waals surface area contributed by atoms with Crippen LogP contribution in [0.4, 0.5) is 0 Å². The molecule has 1 fully saturated rings. The van der Waals surface area contributed by atoms with Gasteiger partial charge in [-0.2, -0.15) is 0 Å². The van der Waals surface area contributed by atoms with Crippen molar-refractivity contribution in [3.8, 4) is 0 Å². The Morgan fingerprint density at radius 1 is 2.14 bits per heavy atom. The van der Waals surface area contributed by atoms with E-state index in [2.05, 4.69) is 0 Å². The fraction of sp³-hybridized carbons (Fsp3) is 0.750. The van der Waals surface area contributed by atoms with Gasteiger partial charge in [0.05, 0.1) is 6.04 Å². The molecule has 1 heterocycles. The molecule has 0 aromatic carbocycles. The van der Waals surface area contributed by atoms with Crippen LogP contribution in [-0.2, 0) is 4.79 Å². The Bertz CT molecular complexity index is 105. The average molecular weight is 101 g/mol. The zero-order chi connectivity index (χ0) is 6.15. The van der Waals surface area contributed by atoms with Crippen LogP contribution < -0.4 is 11.0 Å². The van der Waals surface area contributed by atoms with Gasteiger partial charge in [-0.25, -0.2) is 0 Å². The van der Waals surface area contributed by atoms with E-state index in [1.165, 1.54) is 0 Å². The van der Waals surface area contributed by atoms with E-state index in [1.807, 2.05) is 0 Å². The molecule has 3 heteroatoms. The second kappa shape index (κ2) is 1.50. The van der Waals surface area contributed by atoms with Crippen molar-refractivity contribution >= 4 is 5.91 Å². The van der Waals surface area contributed by atoms with Crippen molar-refractivity contribution in [3.63, 3.8) is 0 Å². The summed E-state index contributed by atoms with van der Waals surface area (Å²) in [6.07, 6.45) is 0.627. The molecule has 1 aliphatic rings. The zero-order valence-electron chi connectivity index (χ0n) is 4.92. The highest BCUT2D eigenvalue weighted by Gasteiger charge is 2.18. The van der Waals surface area contributed by atoms with E-state index in [1.54, 1.807) is 0 Å². The molecule has 0 aromatic heterocycles. The maximum absolute atomic E-state index is 10.5. The third-order valence-electron chi connectivity index (χ3n) is 1.02. The molecular weight excluding hydrogens is 92.1 g/mol. The minimum atomic E-state index is -0.410. The van der Waals surface area contributed by atoms with Crippen LogP contribution in [0.3, 0.4) is 0 Å². The molecule has 1 unspecified atom stereocenters. The van der Waals surface area contributed by atoms with Crippen molar-refractivity contribution in [1.29, 1.82) is 0 Å². The summed E-state index contributed by atoms with van der Waals surface area (Å²) in [5.74, 6) is -0.259. The summed E-state index contributed by atoms with van der Waals surface area (Å²) in [4.78, 5) is 10.5. The van der Waals surface area contributed by atoms with Crippen LogP contribution >= 0.6 is 0 Å². The molecule has 3 N–H and O–H groups in total. The topological polar surface area (TPSA) is 55.1 Å². The molecule has 0 bridgehead atoms. The molecule has 1 amide bonds. The quantitative estimate of drug-likeness (QED) is 0.404. The smallest absolute Gasteiger partial charge is 0.236 e. The third-order valence-corrected chi connectivity index (χ3v) is 1.02. The molecule has 40 valence electrons. The predicted molar refractivity (Wildman–Crippen MR) is 25.6 cm³/mol. The normalized spacial score (nSPS) is 33.9. The molecule has 1 atom stereocenters. The summed E-state index contributed by atoms with van der Waals surface area (Å²) in [7, 11) is 0. The Morgan fingerprint density at radius 3 is 3.00 bits per heavy atom. The monoisotopic (exact) mass is 101 g/mol. The van der Waals surface area contributed by atoms with Gasteiger partial charge in [-0.15, -0.1) is 0 Å². The summed E-state index contributed by atoms with van der Waals surface area (Å²) in [5.41, 5.74) is 5.26. The Hall–Kier alpha value is -0.570. The summed E-state index contributed by atoms with van der Waals surface area (Å²) < 4.78 is 6.87. The zero-order valence-corrected chi connectivity index (χ0v) is 3.92. The minimum Gasteiger partial charge on any atom is -0.355 e. The lowest BCUT2D eigenvalue weighted by Crippen LogP contribution is -2.29. The van der Waals surface area contributed by atoms with E-state index in [4.69, 9.17) is 7.15 Å². The fourth-order valence-corrected chi connectivity index (χ4v) is 0.555. The van der Waals surface area contributed by atoms with Gasteiger partial charge in [-0.05, 0) is 6.42 Å². The predicted octanol–water partition coefficient (Wildman–Crippen LogP) is -1.17. The standard InChI is InChI=1S/C4H8N2O/c5-3-1-2-6-4(3)7/h3H,1-2,5H2,(H,6,7)/i/hD. The highest BCUT2D eigenvalue weighted by molar-refractivity contribution is 5.83. The van der Waals surface area contributed by atoms with Crippen molar-refractivity contribution in [2.24, 2.45) is 5.73 Å². The largest absolute Gasteiger partial charge is 0.355 e. The molecule has 0 spiro atoms. The second-order valence-corrected chi connectivity index (χ2v) is 1.62. The van der Waals surface area contributed by atoms with Crippen molar-refractivity contribution in [3.05, 3.63) is 0 Å². The van der Waals surface area contributed by atoms with E-state index < -0.39 is 6.04 Å². The van der Waals surface area contributed by atoms with Crippen LogP contribution in [0.15, 0.2) is 0 Å². The number of nitrogens with two attached hydrogens (primary N) is 1. The maximum Gasteiger partial charge on any atom is 0.236 e. The molecule has 0 aliphatic carbocycles. The van der Waals surface area contributed by atoms with Gasteiger partial charge in [0.15, 0.2) is 1.41 Å².